The van der Waals surface area contributed by atoms with Gasteiger partial charge in [0.15, 0.2) is 0 Å². The smallest absolute Gasteiger partial charge is 0.217 e. The van der Waals surface area contributed by atoms with Crippen molar-refractivity contribution in [3.63, 3.8) is 0 Å². The molecule has 2 rings (SSSR count). The largest absolute Gasteiger partial charge is 0.508 e. The fourth-order valence-corrected chi connectivity index (χ4v) is 4.63. The van der Waals surface area contributed by atoms with E-state index in [9.17, 15) is 13.5 Å². The molecular weight excluding hydrogens is 262 g/mol. The first-order chi connectivity index (χ1) is 8.94. The summed E-state index contributed by atoms with van der Waals surface area (Å²) < 4.78 is 26.4. The minimum absolute atomic E-state index is 0.142. The van der Waals surface area contributed by atoms with Gasteiger partial charge in [-0.2, -0.15) is 4.31 Å². The molecule has 1 saturated carbocycles. The number of phenolic OH excluding ortho intramolecular Hbond substituents is 1. The minimum atomic E-state index is -3.28. The van der Waals surface area contributed by atoms with E-state index >= 15 is 0 Å². The van der Waals surface area contributed by atoms with Crippen LogP contribution in [0.4, 0.5) is 0 Å². The molecule has 0 aromatic heterocycles. The van der Waals surface area contributed by atoms with Crippen molar-refractivity contribution in [2.45, 2.75) is 43.9 Å². The maximum atomic E-state index is 12.5. The summed E-state index contributed by atoms with van der Waals surface area (Å²) in [7, 11) is -1.68. The van der Waals surface area contributed by atoms with Crippen LogP contribution in [0.25, 0.3) is 0 Å². The lowest BCUT2D eigenvalue weighted by Crippen LogP contribution is -2.36. The molecule has 0 bridgehead atoms. The highest BCUT2D eigenvalue weighted by Crippen LogP contribution is 2.33. The number of aromatic hydroxyl groups is 1. The zero-order chi connectivity index (χ0) is 14.0. The van der Waals surface area contributed by atoms with Crippen molar-refractivity contribution in [3.8, 4) is 5.75 Å². The fourth-order valence-electron chi connectivity index (χ4n) is 2.68. The first-order valence-electron chi connectivity index (χ1n) is 6.69. The van der Waals surface area contributed by atoms with E-state index in [0.717, 1.165) is 25.7 Å². The molecule has 0 aliphatic heterocycles. The molecule has 1 atom stereocenters. The molecule has 1 fully saturated rings. The van der Waals surface area contributed by atoms with Gasteiger partial charge in [0.2, 0.25) is 10.0 Å². The predicted octanol–water partition coefficient (Wildman–Crippen LogP) is 2.66. The lowest BCUT2D eigenvalue weighted by molar-refractivity contribution is 0.375. The Hall–Kier alpha value is -1.07. The second-order valence-corrected chi connectivity index (χ2v) is 7.47. The van der Waals surface area contributed by atoms with Crippen molar-refractivity contribution in [2.24, 2.45) is 0 Å². The van der Waals surface area contributed by atoms with Gasteiger partial charge in [0, 0.05) is 12.6 Å². The monoisotopic (exact) mass is 283 g/mol. The van der Waals surface area contributed by atoms with Crippen LogP contribution >= 0.6 is 0 Å². The van der Waals surface area contributed by atoms with Crippen molar-refractivity contribution >= 4 is 10.0 Å². The van der Waals surface area contributed by atoms with Crippen LogP contribution in [0.5, 0.6) is 5.75 Å². The lowest BCUT2D eigenvalue weighted by Gasteiger charge is -2.28. The van der Waals surface area contributed by atoms with Gasteiger partial charge >= 0.3 is 0 Å². The Kier molecular flexibility index (Phi) is 4.16. The average Bonchev–Trinajstić information content (AvgIpc) is 2.92. The van der Waals surface area contributed by atoms with Crippen LogP contribution in [0.2, 0.25) is 0 Å². The Balaban J connectivity index is 2.24. The molecule has 0 heterocycles. The van der Waals surface area contributed by atoms with Gasteiger partial charge in [-0.05, 0) is 25.8 Å². The summed E-state index contributed by atoms with van der Waals surface area (Å²) in [4.78, 5) is 0. The molecule has 1 N–H and O–H groups in total. The number of hydrogen-bond acceptors (Lipinski definition) is 3. The summed E-state index contributed by atoms with van der Waals surface area (Å²) in [6.45, 7) is 1.81. The first kappa shape index (κ1) is 14.3. The van der Waals surface area contributed by atoms with E-state index in [1.165, 1.54) is 4.31 Å². The van der Waals surface area contributed by atoms with Crippen molar-refractivity contribution < 1.29 is 13.5 Å². The Morgan fingerprint density at radius 3 is 2.42 bits per heavy atom. The third kappa shape index (κ3) is 2.77. The summed E-state index contributed by atoms with van der Waals surface area (Å²) in [5, 5.41) is 9.58. The molecular formula is C14H21NO3S. The van der Waals surface area contributed by atoms with Crippen molar-refractivity contribution in [1.82, 2.24) is 4.31 Å². The number of rotatable bonds is 4. The minimum Gasteiger partial charge on any atom is -0.508 e. The maximum absolute atomic E-state index is 12.5. The third-order valence-electron chi connectivity index (χ3n) is 4.06. The van der Waals surface area contributed by atoms with E-state index in [2.05, 4.69) is 0 Å². The standard InChI is InChI=1S/C14H21NO3S/c1-11(13-9-5-6-10-14(13)16)15(2)19(17,18)12-7-3-4-8-12/h5-6,9-12,16H,3-4,7-8H2,1-2H3. The SMILES string of the molecule is CC(c1ccccc1O)N(C)S(=O)(=O)C1CCCC1. The molecule has 19 heavy (non-hydrogen) atoms. The van der Waals surface area contributed by atoms with E-state index < -0.39 is 10.0 Å². The molecule has 106 valence electrons. The zero-order valence-corrected chi connectivity index (χ0v) is 12.2. The van der Waals surface area contributed by atoms with Gasteiger partial charge in [0.05, 0.1) is 11.3 Å². The van der Waals surface area contributed by atoms with Crippen LogP contribution in [0.3, 0.4) is 0 Å². The van der Waals surface area contributed by atoms with Gasteiger partial charge in [0.1, 0.15) is 5.75 Å². The molecule has 0 radical (unpaired) electrons. The molecule has 0 saturated heterocycles. The van der Waals surface area contributed by atoms with Gasteiger partial charge in [0.25, 0.3) is 0 Å². The van der Waals surface area contributed by atoms with Gasteiger partial charge < -0.3 is 5.11 Å². The van der Waals surface area contributed by atoms with E-state index in [1.807, 2.05) is 13.0 Å². The molecule has 1 aromatic rings. The van der Waals surface area contributed by atoms with Crippen LogP contribution in [0.15, 0.2) is 24.3 Å². The third-order valence-corrected chi connectivity index (χ3v) is 6.49. The van der Waals surface area contributed by atoms with Gasteiger partial charge in [-0.1, -0.05) is 31.0 Å². The number of benzene rings is 1. The van der Waals surface area contributed by atoms with Crippen molar-refractivity contribution in [2.75, 3.05) is 7.05 Å². The summed E-state index contributed by atoms with van der Waals surface area (Å²) >= 11 is 0. The van der Waals surface area contributed by atoms with E-state index in [-0.39, 0.29) is 17.0 Å². The normalized spacial score (nSPS) is 18.9. The molecule has 1 aliphatic carbocycles. The molecule has 1 aromatic carbocycles. The highest BCUT2D eigenvalue weighted by atomic mass is 32.2. The second-order valence-electron chi connectivity index (χ2n) is 5.20. The molecule has 1 unspecified atom stereocenters. The van der Waals surface area contributed by atoms with Crippen LogP contribution in [-0.2, 0) is 10.0 Å². The number of para-hydroxylation sites is 1. The van der Waals surface area contributed by atoms with Gasteiger partial charge in [-0.3, -0.25) is 0 Å². The number of phenols is 1. The fraction of sp³-hybridized carbons (Fsp3) is 0.571. The Labute approximate surface area is 115 Å². The van der Waals surface area contributed by atoms with Crippen molar-refractivity contribution in [3.05, 3.63) is 29.8 Å². The van der Waals surface area contributed by atoms with Crippen molar-refractivity contribution in [1.29, 1.82) is 0 Å². The summed E-state index contributed by atoms with van der Waals surface area (Å²) in [6, 6.07) is 6.54. The molecule has 4 nitrogen and oxygen atoms in total. The van der Waals surface area contributed by atoms with Crippen LogP contribution in [0, 0.1) is 0 Å². The van der Waals surface area contributed by atoms with Crippen LogP contribution in [0.1, 0.15) is 44.2 Å². The van der Waals surface area contributed by atoms with E-state index in [4.69, 9.17) is 0 Å². The lowest BCUT2D eigenvalue weighted by atomic mass is 10.1. The summed E-state index contributed by atoms with van der Waals surface area (Å²) in [5.41, 5.74) is 0.645. The number of sulfonamides is 1. The first-order valence-corrected chi connectivity index (χ1v) is 8.19. The Bertz CT molecular complexity index is 535. The Morgan fingerprint density at radius 1 is 1.26 bits per heavy atom. The predicted molar refractivity (Wildman–Crippen MR) is 75.5 cm³/mol. The van der Waals surface area contributed by atoms with Crippen LogP contribution in [-0.4, -0.2) is 30.1 Å². The highest BCUT2D eigenvalue weighted by Gasteiger charge is 2.35. The second kappa shape index (κ2) is 5.51. The average molecular weight is 283 g/mol. The number of nitrogens with zero attached hydrogens (tertiary/aromatic N) is 1. The van der Waals surface area contributed by atoms with E-state index in [1.54, 1.807) is 25.2 Å². The van der Waals surface area contributed by atoms with Gasteiger partial charge in [-0.15, -0.1) is 0 Å². The summed E-state index contributed by atoms with van der Waals surface area (Å²) in [6.07, 6.45) is 3.48. The molecule has 5 heteroatoms. The maximum Gasteiger partial charge on any atom is 0.217 e. The number of hydrogen-bond donors (Lipinski definition) is 1. The zero-order valence-electron chi connectivity index (χ0n) is 11.4. The van der Waals surface area contributed by atoms with Crippen LogP contribution < -0.4 is 0 Å². The topological polar surface area (TPSA) is 57.6 Å². The summed E-state index contributed by atoms with van der Waals surface area (Å²) in [5.74, 6) is 0.142. The van der Waals surface area contributed by atoms with E-state index in [0.29, 0.717) is 5.56 Å². The molecule has 1 aliphatic rings. The Morgan fingerprint density at radius 2 is 1.84 bits per heavy atom. The quantitative estimate of drug-likeness (QED) is 0.924. The van der Waals surface area contributed by atoms with Gasteiger partial charge in [-0.25, -0.2) is 8.42 Å². The molecule has 0 amide bonds. The molecule has 0 spiro atoms. The highest BCUT2D eigenvalue weighted by molar-refractivity contribution is 7.89.